The van der Waals surface area contributed by atoms with Gasteiger partial charge in [0.15, 0.2) is 0 Å². The van der Waals surface area contributed by atoms with Crippen LogP contribution in [0.15, 0.2) is 42.5 Å². The van der Waals surface area contributed by atoms with Gasteiger partial charge < -0.3 is 14.6 Å². The van der Waals surface area contributed by atoms with Crippen LogP contribution in [-0.2, 0) is 14.9 Å². The van der Waals surface area contributed by atoms with Gasteiger partial charge in [0.05, 0.1) is 18.8 Å². The first-order valence-corrected chi connectivity index (χ1v) is 12.7. The molecule has 4 fully saturated rings. The van der Waals surface area contributed by atoms with Crippen molar-refractivity contribution in [1.29, 1.82) is 0 Å². The van der Waals surface area contributed by atoms with Crippen LogP contribution in [0.25, 0.3) is 0 Å². The number of hydrogen-bond acceptors (Lipinski definition) is 4. The molecular formula is C30H32O5. The van der Waals surface area contributed by atoms with Crippen molar-refractivity contribution >= 4 is 11.9 Å². The minimum atomic E-state index is -0.971. The quantitative estimate of drug-likeness (QED) is 0.323. The van der Waals surface area contributed by atoms with Crippen molar-refractivity contribution < 1.29 is 24.2 Å². The summed E-state index contributed by atoms with van der Waals surface area (Å²) in [7, 11) is 0. The molecule has 4 saturated carbocycles. The summed E-state index contributed by atoms with van der Waals surface area (Å²) < 4.78 is 11.3. The van der Waals surface area contributed by atoms with Gasteiger partial charge in [-0.05, 0) is 92.0 Å². The lowest BCUT2D eigenvalue weighted by Crippen LogP contribution is -2.48. The van der Waals surface area contributed by atoms with Gasteiger partial charge in [0.2, 0.25) is 0 Å². The minimum absolute atomic E-state index is 0.136. The summed E-state index contributed by atoms with van der Waals surface area (Å²) in [5, 5.41) is 9.48. The highest BCUT2D eigenvalue weighted by Gasteiger charge is 2.52. The van der Waals surface area contributed by atoms with Gasteiger partial charge in [0.1, 0.15) is 5.75 Å². The summed E-state index contributed by atoms with van der Waals surface area (Å²) >= 11 is 0. The summed E-state index contributed by atoms with van der Waals surface area (Å²) in [4.78, 5) is 22.6. The van der Waals surface area contributed by atoms with Crippen molar-refractivity contribution in [2.75, 3.05) is 13.2 Å². The number of benzene rings is 2. The van der Waals surface area contributed by atoms with Crippen LogP contribution >= 0.6 is 0 Å². The molecule has 2 aromatic rings. The van der Waals surface area contributed by atoms with E-state index in [9.17, 15) is 14.7 Å². The predicted molar refractivity (Wildman–Crippen MR) is 132 cm³/mol. The van der Waals surface area contributed by atoms with E-state index in [0.29, 0.717) is 25.2 Å². The van der Waals surface area contributed by atoms with Gasteiger partial charge in [-0.1, -0.05) is 24.0 Å². The maximum Gasteiger partial charge on any atom is 0.336 e. The standard InChI is InChI=1S/C30H32O5/c1-20(31)34-11-4-12-35-28-10-8-21(7-9-25-5-2-3-6-26(25)29(32)33)16-27(28)30-17-22-13-23(18-30)15-24(14-22)19-30/h2-3,5-6,8,10,16,22-24H,4,11-15,17-19H2,1H3,(H,32,33). The molecule has 0 unspecified atom stereocenters. The number of hydrogen-bond donors (Lipinski definition) is 1. The third-order valence-electron chi connectivity index (χ3n) is 7.94. The maximum atomic E-state index is 11.6. The number of carboxylic acid groups (broad SMARTS) is 1. The van der Waals surface area contributed by atoms with E-state index in [1.807, 2.05) is 18.2 Å². The molecule has 4 aliphatic rings. The summed E-state index contributed by atoms with van der Waals surface area (Å²) in [6.45, 7) is 2.26. The smallest absolute Gasteiger partial charge is 0.336 e. The second kappa shape index (κ2) is 9.77. The largest absolute Gasteiger partial charge is 0.493 e. The molecule has 0 radical (unpaired) electrons. The molecule has 0 heterocycles. The SMILES string of the molecule is CC(=O)OCCCOc1ccc(C#Cc2ccccc2C(=O)O)cc1C12CC3CC(CC(C3)C1)C2. The molecule has 4 bridgehead atoms. The van der Waals surface area contributed by atoms with Gasteiger partial charge in [0.25, 0.3) is 0 Å². The number of esters is 1. The molecule has 4 aliphatic carbocycles. The minimum Gasteiger partial charge on any atom is -0.493 e. The van der Waals surface area contributed by atoms with Crippen molar-refractivity contribution in [3.8, 4) is 17.6 Å². The van der Waals surface area contributed by atoms with Crippen molar-refractivity contribution in [1.82, 2.24) is 0 Å². The van der Waals surface area contributed by atoms with Crippen LogP contribution in [0.1, 0.15) is 78.9 Å². The third-order valence-corrected chi connectivity index (χ3v) is 7.94. The molecule has 0 amide bonds. The lowest BCUT2D eigenvalue weighted by molar-refractivity contribution is -0.141. The van der Waals surface area contributed by atoms with Crippen LogP contribution in [0.5, 0.6) is 5.75 Å². The van der Waals surface area contributed by atoms with E-state index < -0.39 is 5.97 Å². The summed E-state index contributed by atoms with van der Waals surface area (Å²) in [5.74, 6) is 8.37. The Morgan fingerprint density at radius 1 is 0.971 bits per heavy atom. The molecule has 5 nitrogen and oxygen atoms in total. The lowest BCUT2D eigenvalue weighted by atomic mass is 9.48. The number of aromatic carboxylic acids is 1. The predicted octanol–water partition coefficient (Wildman–Crippen LogP) is 5.58. The number of carbonyl (C=O) groups is 2. The second-order valence-corrected chi connectivity index (χ2v) is 10.6. The highest BCUT2D eigenvalue weighted by Crippen LogP contribution is 2.61. The maximum absolute atomic E-state index is 11.6. The van der Waals surface area contributed by atoms with Gasteiger partial charge in [0, 0.05) is 30.0 Å². The average molecular weight is 473 g/mol. The molecule has 35 heavy (non-hydrogen) atoms. The zero-order chi connectivity index (χ0) is 24.4. The topological polar surface area (TPSA) is 72.8 Å². The third kappa shape index (κ3) is 5.07. The van der Waals surface area contributed by atoms with E-state index in [1.165, 1.54) is 51.0 Å². The molecular weight excluding hydrogens is 440 g/mol. The van der Waals surface area contributed by atoms with Crippen molar-refractivity contribution in [3.63, 3.8) is 0 Å². The van der Waals surface area contributed by atoms with Crippen molar-refractivity contribution in [3.05, 3.63) is 64.7 Å². The molecule has 2 aromatic carbocycles. The molecule has 0 spiro atoms. The van der Waals surface area contributed by atoms with E-state index in [0.717, 1.165) is 29.1 Å². The van der Waals surface area contributed by atoms with E-state index in [1.54, 1.807) is 18.2 Å². The molecule has 0 atom stereocenters. The molecule has 0 aliphatic heterocycles. The first kappa shape index (κ1) is 23.5. The Bertz CT molecular complexity index is 1150. The second-order valence-electron chi connectivity index (χ2n) is 10.6. The molecule has 0 saturated heterocycles. The first-order valence-electron chi connectivity index (χ1n) is 12.7. The first-order chi connectivity index (χ1) is 16.9. The molecule has 182 valence electrons. The zero-order valence-electron chi connectivity index (χ0n) is 20.2. The number of carbonyl (C=O) groups excluding carboxylic acids is 1. The van der Waals surface area contributed by atoms with Crippen LogP contribution in [0.2, 0.25) is 0 Å². The van der Waals surface area contributed by atoms with Crippen LogP contribution in [0.4, 0.5) is 0 Å². The fraction of sp³-hybridized carbons (Fsp3) is 0.467. The van der Waals surface area contributed by atoms with Gasteiger partial charge in [-0.2, -0.15) is 0 Å². The number of carboxylic acids is 1. The van der Waals surface area contributed by atoms with Crippen LogP contribution in [-0.4, -0.2) is 30.3 Å². The fourth-order valence-corrected chi connectivity index (χ4v) is 6.96. The Labute approximate surface area is 206 Å². The van der Waals surface area contributed by atoms with E-state index in [4.69, 9.17) is 9.47 Å². The fourth-order valence-electron chi connectivity index (χ4n) is 6.96. The Kier molecular flexibility index (Phi) is 6.56. The van der Waals surface area contributed by atoms with Crippen molar-refractivity contribution in [2.45, 2.75) is 57.3 Å². The van der Waals surface area contributed by atoms with Crippen LogP contribution < -0.4 is 4.74 Å². The van der Waals surface area contributed by atoms with Crippen molar-refractivity contribution in [2.24, 2.45) is 17.8 Å². The van der Waals surface area contributed by atoms with E-state index >= 15 is 0 Å². The Morgan fingerprint density at radius 3 is 2.31 bits per heavy atom. The number of rotatable bonds is 7. The zero-order valence-corrected chi connectivity index (χ0v) is 20.2. The van der Waals surface area contributed by atoms with Gasteiger partial charge in [-0.3, -0.25) is 4.79 Å². The summed E-state index contributed by atoms with van der Waals surface area (Å²) in [6.07, 6.45) is 8.37. The van der Waals surface area contributed by atoms with Gasteiger partial charge in [-0.15, -0.1) is 0 Å². The van der Waals surface area contributed by atoms with E-state index in [-0.39, 0.29) is 16.9 Å². The van der Waals surface area contributed by atoms with Gasteiger partial charge in [-0.25, -0.2) is 4.79 Å². The summed E-state index contributed by atoms with van der Waals surface area (Å²) in [5.41, 5.74) is 3.00. The Hall–Kier alpha value is -3.26. The highest BCUT2D eigenvalue weighted by molar-refractivity contribution is 5.90. The average Bonchev–Trinajstić information content (AvgIpc) is 2.82. The molecule has 6 rings (SSSR count). The Balaban J connectivity index is 1.44. The van der Waals surface area contributed by atoms with E-state index in [2.05, 4.69) is 17.9 Å². The monoisotopic (exact) mass is 472 g/mol. The van der Waals surface area contributed by atoms with Crippen LogP contribution in [0.3, 0.4) is 0 Å². The Morgan fingerprint density at radius 2 is 1.66 bits per heavy atom. The highest BCUT2D eigenvalue weighted by atomic mass is 16.5. The molecule has 0 aromatic heterocycles. The number of ether oxygens (including phenoxy) is 2. The van der Waals surface area contributed by atoms with Crippen LogP contribution in [0, 0.1) is 29.6 Å². The normalized spacial score (nSPS) is 26.0. The van der Waals surface area contributed by atoms with Gasteiger partial charge >= 0.3 is 11.9 Å². The molecule has 1 N–H and O–H groups in total. The summed E-state index contributed by atoms with van der Waals surface area (Å²) in [6, 6.07) is 13.0. The molecule has 5 heteroatoms. The lowest BCUT2D eigenvalue weighted by Gasteiger charge is -2.57.